The van der Waals surface area contributed by atoms with Crippen LogP contribution in [-0.2, 0) is 0 Å². The zero-order valence-electron chi connectivity index (χ0n) is 6.37. The summed E-state index contributed by atoms with van der Waals surface area (Å²) in [5.74, 6) is 0. The maximum Gasteiger partial charge on any atom is 0.150 e. The third-order valence-electron chi connectivity index (χ3n) is 1.40. The van der Waals surface area contributed by atoms with Gasteiger partial charge in [-0.15, -0.1) is 4.91 Å². The molecule has 0 aromatic heterocycles. The number of aryl methyl sites for hydroxylation is 1. The molecule has 0 aliphatic carbocycles. The van der Waals surface area contributed by atoms with Gasteiger partial charge in [-0.05, 0) is 24.2 Å². The van der Waals surface area contributed by atoms with E-state index in [-0.39, 0.29) is 6.67 Å². The molecule has 1 aromatic carbocycles. The first kappa shape index (κ1) is 7.72. The molecule has 0 saturated carbocycles. The summed E-state index contributed by atoms with van der Waals surface area (Å²) < 4.78 is 0. The number of nitrogens with zero attached hydrogens (tertiary/aromatic N) is 1. The molecule has 1 aromatic rings. The average molecular weight is 150 g/mol. The van der Waals surface area contributed by atoms with Crippen LogP contribution in [-0.4, -0.2) is 6.67 Å². The molecule has 11 heavy (non-hydrogen) atoms. The Morgan fingerprint density at radius 1 is 1.36 bits per heavy atom. The molecule has 0 aliphatic rings. The van der Waals surface area contributed by atoms with Gasteiger partial charge in [0.1, 0.15) is 6.67 Å². The Bertz CT molecular complexity index is 230. The maximum atomic E-state index is 9.73. The van der Waals surface area contributed by atoms with E-state index in [4.69, 9.17) is 0 Å². The van der Waals surface area contributed by atoms with Crippen LogP contribution in [0.15, 0.2) is 29.4 Å². The van der Waals surface area contributed by atoms with E-state index in [1.807, 2.05) is 31.2 Å². The zero-order chi connectivity index (χ0) is 8.10. The largest absolute Gasteiger partial charge is 0.363 e. The first-order valence-corrected chi connectivity index (χ1v) is 3.42. The Morgan fingerprint density at radius 3 is 2.55 bits per heavy atom. The van der Waals surface area contributed by atoms with E-state index in [0.717, 1.165) is 5.69 Å². The smallest absolute Gasteiger partial charge is 0.150 e. The highest BCUT2D eigenvalue weighted by Gasteiger charge is 1.88. The van der Waals surface area contributed by atoms with Crippen LogP contribution < -0.4 is 5.32 Å². The minimum absolute atomic E-state index is 0.128. The summed E-state index contributed by atoms with van der Waals surface area (Å²) in [5, 5.41) is 5.53. The number of rotatable bonds is 3. The molecule has 3 nitrogen and oxygen atoms in total. The zero-order valence-corrected chi connectivity index (χ0v) is 6.37. The Balaban J connectivity index is 2.58. The molecule has 0 spiro atoms. The number of nitrogens with one attached hydrogen (secondary N) is 1. The van der Waals surface area contributed by atoms with Crippen LogP contribution in [0.3, 0.4) is 0 Å². The van der Waals surface area contributed by atoms with Gasteiger partial charge in [0.15, 0.2) is 0 Å². The number of hydrogen-bond acceptors (Lipinski definition) is 3. The van der Waals surface area contributed by atoms with Crippen LogP contribution in [0.1, 0.15) is 5.56 Å². The molecular weight excluding hydrogens is 140 g/mol. The summed E-state index contributed by atoms with van der Waals surface area (Å²) >= 11 is 0. The van der Waals surface area contributed by atoms with Gasteiger partial charge in [-0.3, -0.25) is 0 Å². The van der Waals surface area contributed by atoms with Crippen molar-refractivity contribution in [2.75, 3.05) is 12.0 Å². The van der Waals surface area contributed by atoms with E-state index in [9.17, 15) is 4.91 Å². The van der Waals surface area contributed by atoms with Gasteiger partial charge in [0.25, 0.3) is 0 Å². The molecule has 1 rings (SSSR count). The molecule has 0 atom stereocenters. The highest BCUT2D eigenvalue weighted by Crippen LogP contribution is 2.07. The van der Waals surface area contributed by atoms with Crippen LogP contribution in [0.2, 0.25) is 0 Å². The van der Waals surface area contributed by atoms with Crippen molar-refractivity contribution in [3.63, 3.8) is 0 Å². The van der Waals surface area contributed by atoms with Gasteiger partial charge in [-0.25, -0.2) is 0 Å². The average Bonchev–Trinajstić information content (AvgIpc) is 2.04. The fourth-order valence-electron chi connectivity index (χ4n) is 0.795. The van der Waals surface area contributed by atoms with Crippen molar-refractivity contribution in [2.24, 2.45) is 5.18 Å². The van der Waals surface area contributed by atoms with E-state index >= 15 is 0 Å². The van der Waals surface area contributed by atoms with Crippen molar-refractivity contribution in [1.82, 2.24) is 0 Å². The second-order valence-electron chi connectivity index (χ2n) is 2.33. The summed E-state index contributed by atoms with van der Waals surface area (Å²) in [4.78, 5) is 9.73. The van der Waals surface area contributed by atoms with E-state index in [1.54, 1.807) is 0 Å². The SMILES string of the molecule is Cc1ccc(NCN=O)cc1. The predicted octanol–water partition coefficient (Wildman–Crippen LogP) is 2.13. The molecule has 58 valence electrons. The van der Waals surface area contributed by atoms with Gasteiger partial charge in [0.05, 0.1) is 0 Å². The molecule has 0 unspecified atom stereocenters. The molecule has 3 heteroatoms. The van der Waals surface area contributed by atoms with Crippen molar-refractivity contribution in [3.05, 3.63) is 34.7 Å². The lowest BCUT2D eigenvalue weighted by atomic mass is 10.2. The highest BCUT2D eigenvalue weighted by atomic mass is 16.3. The minimum Gasteiger partial charge on any atom is -0.363 e. The van der Waals surface area contributed by atoms with Crippen LogP contribution in [0, 0.1) is 11.8 Å². The number of nitroso groups, excluding NO2 is 1. The molecule has 0 fully saturated rings. The lowest BCUT2D eigenvalue weighted by molar-refractivity contribution is 1.12. The fourth-order valence-corrected chi connectivity index (χ4v) is 0.795. The number of anilines is 1. The second-order valence-corrected chi connectivity index (χ2v) is 2.33. The Morgan fingerprint density at radius 2 is 2.00 bits per heavy atom. The van der Waals surface area contributed by atoms with Crippen molar-refractivity contribution in [3.8, 4) is 0 Å². The maximum absolute atomic E-state index is 9.73. The summed E-state index contributed by atoms with van der Waals surface area (Å²) in [6.07, 6.45) is 0. The van der Waals surface area contributed by atoms with Gasteiger partial charge in [-0.2, -0.15) is 0 Å². The normalized spacial score (nSPS) is 9.18. The van der Waals surface area contributed by atoms with Crippen LogP contribution in [0.5, 0.6) is 0 Å². The Labute approximate surface area is 65.4 Å². The van der Waals surface area contributed by atoms with Crippen LogP contribution in [0.25, 0.3) is 0 Å². The molecule has 0 bridgehead atoms. The van der Waals surface area contributed by atoms with E-state index < -0.39 is 0 Å². The monoisotopic (exact) mass is 150 g/mol. The first-order valence-electron chi connectivity index (χ1n) is 3.42. The summed E-state index contributed by atoms with van der Waals surface area (Å²) in [7, 11) is 0. The van der Waals surface area contributed by atoms with E-state index in [1.165, 1.54) is 5.56 Å². The molecule has 0 saturated heterocycles. The lowest BCUT2D eigenvalue weighted by Crippen LogP contribution is -1.96. The van der Waals surface area contributed by atoms with Crippen molar-refractivity contribution in [2.45, 2.75) is 6.92 Å². The predicted molar refractivity (Wildman–Crippen MR) is 45.5 cm³/mol. The van der Waals surface area contributed by atoms with Crippen molar-refractivity contribution >= 4 is 5.69 Å². The quantitative estimate of drug-likeness (QED) is 0.670. The molecule has 1 N–H and O–H groups in total. The van der Waals surface area contributed by atoms with Gasteiger partial charge < -0.3 is 5.32 Å². The second kappa shape index (κ2) is 3.71. The Hall–Kier alpha value is -1.38. The lowest BCUT2D eigenvalue weighted by Gasteiger charge is -2.00. The summed E-state index contributed by atoms with van der Waals surface area (Å²) in [6, 6.07) is 7.79. The van der Waals surface area contributed by atoms with Crippen molar-refractivity contribution < 1.29 is 0 Å². The standard InChI is InChI=1S/C8H10N2O/c1-7-2-4-8(5-3-7)9-6-10-11/h2-5,9H,6H2,1H3. The first-order chi connectivity index (χ1) is 5.33. The summed E-state index contributed by atoms with van der Waals surface area (Å²) in [6.45, 7) is 2.14. The minimum atomic E-state index is 0.128. The fraction of sp³-hybridized carbons (Fsp3) is 0.250. The van der Waals surface area contributed by atoms with Crippen LogP contribution in [0.4, 0.5) is 5.69 Å². The van der Waals surface area contributed by atoms with Gasteiger partial charge >= 0.3 is 0 Å². The third-order valence-corrected chi connectivity index (χ3v) is 1.40. The molecule has 0 aliphatic heterocycles. The molecule has 0 heterocycles. The number of hydrogen-bond donors (Lipinski definition) is 1. The molecule has 0 radical (unpaired) electrons. The van der Waals surface area contributed by atoms with Crippen LogP contribution >= 0.6 is 0 Å². The van der Waals surface area contributed by atoms with E-state index in [0.29, 0.717) is 0 Å². The third kappa shape index (κ3) is 2.37. The van der Waals surface area contributed by atoms with E-state index in [2.05, 4.69) is 10.5 Å². The number of benzene rings is 1. The topological polar surface area (TPSA) is 41.5 Å². The van der Waals surface area contributed by atoms with Gasteiger partial charge in [0, 0.05) is 5.69 Å². The summed E-state index contributed by atoms with van der Waals surface area (Å²) in [5.41, 5.74) is 2.13. The van der Waals surface area contributed by atoms with Gasteiger partial charge in [0.2, 0.25) is 0 Å². The Kier molecular flexibility index (Phi) is 2.60. The van der Waals surface area contributed by atoms with Crippen molar-refractivity contribution in [1.29, 1.82) is 0 Å². The molecule has 0 amide bonds. The molecular formula is C8H10N2O. The van der Waals surface area contributed by atoms with Gasteiger partial charge in [-0.1, -0.05) is 17.7 Å². The highest BCUT2D eigenvalue weighted by molar-refractivity contribution is 5.44.